The standard InChI is InChI=1S/C19H29F2N5O3/c1-22-19(24-6-12-29-15-3-4-16(20)17(21)13-15)26-9-7-25(8-10-26)14-18(27)23-5-11-28-2/h3-4,13H,5-12,14H2,1-2H3,(H,22,24)(H,23,27). The molecule has 1 aromatic carbocycles. The molecule has 0 saturated carbocycles. The van der Waals surface area contributed by atoms with Gasteiger partial charge in [-0.25, -0.2) is 8.78 Å². The minimum absolute atomic E-state index is 0.00705. The first-order chi connectivity index (χ1) is 14.0. The highest BCUT2D eigenvalue weighted by Gasteiger charge is 2.21. The van der Waals surface area contributed by atoms with E-state index in [-0.39, 0.29) is 18.3 Å². The Labute approximate surface area is 169 Å². The van der Waals surface area contributed by atoms with Gasteiger partial charge in [0.25, 0.3) is 0 Å². The second kappa shape index (κ2) is 12.2. The van der Waals surface area contributed by atoms with E-state index in [1.165, 1.54) is 6.07 Å². The second-order valence-electron chi connectivity index (χ2n) is 6.50. The van der Waals surface area contributed by atoms with Crippen LogP contribution in [0.4, 0.5) is 8.78 Å². The monoisotopic (exact) mass is 413 g/mol. The molecule has 1 fully saturated rings. The fourth-order valence-corrected chi connectivity index (χ4v) is 2.90. The van der Waals surface area contributed by atoms with Crippen LogP contribution >= 0.6 is 0 Å². The number of methoxy groups -OCH3 is 1. The first-order valence-electron chi connectivity index (χ1n) is 9.55. The van der Waals surface area contributed by atoms with Crippen molar-refractivity contribution in [3.8, 4) is 5.75 Å². The molecule has 0 aliphatic carbocycles. The van der Waals surface area contributed by atoms with Gasteiger partial charge in [-0.05, 0) is 12.1 Å². The normalized spacial score (nSPS) is 15.3. The molecule has 1 heterocycles. The molecule has 2 N–H and O–H groups in total. The third-order valence-corrected chi connectivity index (χ3v) is 4.42. The van der Waals surface area contributed by atoms with Crippen LogP contribution in [0, 0.1) is 11.6 Å². The number of carbonyl (C=O) groups excluding carboxylic acids is 1. The Kier molecular flexibility index (Phi) is 9.58. The van der Waals surface area contributed by atoms with Gasteiger partial charge in [0.2, 0.25) is 5.91 Å². The first kappa shape index (κ1) is 22.8. The van der Waals surface area contributed by atoms with Crippen molar-refractivity contribution in [1.82, 2.24) is 20.4 Å². The van der Waals surface area contributed by atoms with Crippen molar-refractivity contribution in [2.45, 2.75) is 0 Å². The highest BCUT2D eigenvalue weighted by atomic mass is 19.2. The Morgan fingerprint density at radius 1 is 1.10 bits per heavy atom. The van der Waals surface area contributed by atoms with E-state index in [9.17, 15) is 13.6 Å². The van der Waals surface area contributed by atoms with Gasteiger partial charge in [0.1, 0.15) is 12.4 Å². The Bertz CT molecular complexity index is 682. The zero-order valence-corrected chi connectivity index (χ0v) is 16.9. The Morgan fingerprint density at radius 2 is 1.83 bits per heavy atom. The Balaban J connectivity index is 1.66. The summed E-state index contributed by atoms with van der Waals surface area (Å²) in [5.41, 5.74) is 0. The van der Waals surface area contributed by atoms with Crippen LogP contribution in [0.1, 0.15) is 0 Å². The van der Waals surface area contributed by atoms with Crippen LogP contribution < -0.4 is 15.4 Å². The van der Waals surface area contributed by atoms with E-state index in [0.717, 1.165) is 44.3 Å². The highest BCUT2D eigenvalue weighted by Crippen LogP contribution is 2.15. The lowest BCUT2D eigenvalue weighted by molar-refractivity contribution is -0.122. The maximum atomic E-state index is 13.2. The predicted molar refractivity (Wildman–Crippen MR) is 106 cm³/mol. The molecule has 1 aliphatic rings. The summed E-state index contributed by atoms with van der Waals surface area (Å²) in [6.45, 7) is 5.13. The molecule has 1 saturated heterocycles. The van der Waals surface area contributed by atoms with Gasteiger partial charge in [-0.2, -0.15) is 0 Å². The van der Waals surface area contributed by atoms with Crippen molar-refractivity contribution in [3.05, 3.63) is 29.8 Å². The van der Waals surface area contributed by atoms with Crippen LogP contribution in [-0.2, 0) is 9.53 Å². The lowest BCUT2D eigenvalue weighted by atomic mass is 10.3. The van der Waals surface area contributed by atoms with Crippen molar-refractivity contribution in [1.29, 1.82) is 0 Å². The van der Waals surface area contributed by atoms with Gasteiger partial charge in [0.15, 0.2) is 17.6 Å². The zero-order chi connectivity index (χ0) is 21.1. The van der Waals surface area contributed by atoms with Crippen molar-refractivity contribution in [3.63, 3.8) is 0 Å². The third-order valence-electron chi connectivity index (χ3n) is 4.42. The molecule has 2 rings (SSSR count). The van der Waals surface area contributed by atoms with Crippen LogP contribution in [0.25, 0.3) is 0 Å². The molecule has 1 aromatic rings. The summed E-state index contributed by atoms with van der Waals surface area (Å²) in [4.78, 5) is 20.3. The number of nitrogens with zero attached hydrogens (tertiary/aromatic N) is 3. The molecule has 1 aliphatic heterocycles. The molecule has 29 heavy (non-hydrogen) atoms. The lowest BCUT2D eigenvalue weighted by Gasteiger charge is -2.36. The lowest BCUT2D eigenvalue weighted by Crippen LogP contribution is -2.54. The van der Waals surface area contributed by atoms with E-state index in [2.05, 4.69) is 25.4 Å². The van der Waals surface area contributed by atoms with Crippen molar-refractivity contribution < 1.29 is 23.0 Å². The second-order valence-corrected chi connectivity index (χ2v) is 6.50. The number of nitrogens with one attached hydrogen (secondary N) is 2. The first-order valence-corrected chi connectivity index (χ1v) is 9.55. The number of ether oxygens (including phenoxy) is 2. The predicted octanol–water partition coefficient (Wildman–Crippen LogP) is 0.299. The Morgan fingerprint density at radius 3 is 2.48 bits per heavy atom. The summed E-state index contributed by atoms with van der Waals surface area (Å²) in [6.07, 6.45) is 0. The van der Waals surface area contributed by atoms with Gasteiger partial charge >= 0.3 is 0 Å². The summed E-state index contributed by atoms with van der Waals surface area (Å²) in [6, 6.07) is 3.45. The highest BCUT2D eigenvalue weighted by molar-refractivity contribution is 5.80. The molecule has 0 spiro atoms. The number of aliphatic imine (C=N–C) groups is 1. The van der Waals surface area contributed by atoms with Gasteiger partial charge in [-0.15, -0.1) is 0 Å². The number of benzene rings is 1. The third kappa shape index (κ3) is 7.82. The summed E-state index contributed by atoms with van der Waals surface area (Å²) in [5.74, 6) is -0.826. The van der Waals surface area contributed by atoms with Crippen molar-refractivity contribution >= 4 is 11.9 Å². The molecule has 0 atom stereocenters. The number of halogens is 2. The molecule has 10 heteroatoms. The number of hydrogen-bond donors (Lipinski definition) is 2. The average Bonchev–Trinajstić information content (AvgIpc) is 2.72. The fourth-order valence-electron chi connectivity index (χ4n) is 2.90. The molecule has 1 amide bonds. The number of rotatable bonds is 9. The van der Waals surface area contributed by atoms with E-state index in [4.69, 9.17) is 9.47 Å². The summed E-state index contributed by atoms with van der Waals surface area (Å²) < 4.78 is 36.4. The van der Waals surface area contributed by atoms with Gasteiger partial charge in [-0.3, -0.25) is 14.7 Å². The number of carbonyl (C=O) groups is 1. The molecule has 162 valence electrons. The quantitative estimate of drug-likeness (QED) is 0.345. The summed E-state index contributed by atoms with van der Waals surface area (Å²) in [5, 5.41) is 6.01. The van der Waals surface area contributed by atoms with E-state index in [1.54, 1.807) is 14.2 Å². The van der Waals surface area contributed by atoms with Crippen LogP contribution in [0.5, 0.6) is 5.75 Å². The number of hydrogen-bond acceptors (Lipinski definition) is 5. The average molecular weight is 413 g/mol. The Hall–Kier alpha value is -2.46. The molecule has 0 unspecified atom stereocenters. The molecular weight excluding hydrogens is 384 g/mol. The molecule has 0 aromatic heterocycles. The van der Waals surface area contributed by atoms with Gasteiger partial charge in [0, 0.05) is 52.9 Å². The van der Waals surface area contributed by atoms with E-state index >= 15 is 0 Å². The van der Waals surface area contributed by atoms with Crippen LogP contribution in [0.15, 0.2) is 23.2 Å². The van der Waals surface area contributed by atoms with Crippen LogP contribution in [0.2, 0.25) is 0 Å². The van der Waals surface area contributed by atoms with E-state index in [0.29, 0.717) is 26.2 Å². The number of guanidine groups is 1. The van der Waals surface area contributed by atoms with Crippen LogP contribution in [-0.4, -0.2) is 94.9 Å². The topological polar surface area (TPSA) is 78.4 Å². The maximum absolute atomic E-state index is 13.2. The van der Waals surface area contributed by atoms with E-state index < -0.39 is 11.6 Å². The number of amides is 1. The molecule has 0 bridgehead atoms. The smallest absolute Gasteiger partial charge is 0.234 e. The SMILES string of the molecule is CN=C(NCCOc1ccc(F)c(F)c1)N1CCN(CC(=O)NCCOC)CC1. The number of piperazine rings is 1. The van der Waals surface area contributed by atoms with Crippen molar-refractivity contribution in [2.75, 3.05) is 73.2 Å². The fraction of sp³-hybridized carbons (Fsp3) is 0.579. The molecular formula is C19H29F2N5O3. The molecule has 0 radical (unpaired) electrons. The minimum Gasteiger partial charge on any atom is -0.492 e. The molecule has 8 nitrogen and oxygen atoms in total. The van der Waals surface area contributed by atoms with Crippen molar-refractivity contribution in [2.24, 2.45) is 4.99 Å². The van der Waals surface area contributed by atoms with Gasteiger partial charge in [-0.1, -0.05) is 0 Å². The minimum atomic E-state index is -0.934. The van der Waals surface area contributed by atoms with Gasteiger partial charge in [0.05, 0.1) is 19.7 Å². The maximum Gasteiger partial charge on any atom is 0.234 e. The van der Waals surface area contributed by atoms with Crippen LogP contribution in [0.3, 0.4) is 0 Å². The summed E-state index contributed by atoms with van der Waals surface area (Å²) in [7, 11) is 3.30. The van der Waals surface area contributed by atoms with Gasteiger partial charge < -0.3 is 25.0 Å². The summed E-state index contributed by atoms with van der Waals surface area (Å²) >= 11 is 0. The largest absolute Gasteiger partial charge is 0.492 e. The van der Waals surface area contributed by atoms with E-state index in [1.807, 2.05) is 0 Å². The zero-order valence-electron chi connectivity index (χ0n) is 16.9.